The molecule has 2 fully saturated rings. The van der Waals surface area contributed by atoms with Crippen molar-refractivity contribution in [1.29, 1.82) is 5.26 Å². The average molecular weight is 509 g/mol. The molecule has 2 bridgehead atoms. The molecule has 3 atom stereocenters. The lowest BCUT2D eigenvalue weighted by Crippen LogP contribution is -2.58. The van der Waals surface area contributed by atoms with Gasteiger partial charge in [0.15, 0.2) is 0 Å². The van der Waals surface area contributed by atoms with E-state index in [-0.39, 0.29) is 36.9 Å². The molecule has 2 unspecified atom stereocenters. The third-order valence-electron chi connectivity index (χ3n) is 6.89. The van der Waals surface area contributed by atoms with Crippen molar-refractivity contribution in [1.82, 2.24) is 15.6 Å². The highest BCUT2D eigenvalue weighted by Crippen LogP contribution is 2.39. The van der Waals surface area contributed by atoms with E-state index < -0.39 is 11.9 Å². The Hall–Kier alpha value is -3.46. The molecule has 1 amide bonds. The van der Waals surface area contributed by atoms with Gasteiger partial charge in [-0.1, -0.05) is 0 Å². The molecule has 3 aliphatic rings. The Balaban J connectivity index is 1.24. The van der Waals surface area contributed by atoms with Gasteiger partial charge in [-0.05, 0) is 25.1 Å². The van der Waals surface area contributed by atoms with Gasteiger partial charge in [-0.2, -0.15) is 5.26 Å². The molecule has 4 N–H and O–H groups in total. The van der Waals surface area contributed by atoms with Gasteiger partial charge < -0.3 is 30.7 Å². The summed E-state index contributed by atoms with van der Waals surface area (Å²) in [6.45, 7) is 4.58. The minimum absolute atomic E-state index is 0.0101. The number of anilines is 2. The Bertz CT molecular complexity index is 1410. The van der Waals surface area contributed by atoms with Crippen LogP contribution in [0.4, 0.5) is 15.8 Å². The molecule has 5 heterocycles. The van der Waals surface area contributed by atoms with Crippen molar-refractivity contribution in [3.05, 3.63) is 45.7 Å². The summed E-state index contributed by atoms with van der Waals surface area (Å²) in [7, 11) is 0. The number of hydrogen-bond donors (Lipinski definition) is 3. The normalized spacial score (nSPS) is 23.0. The van der Waals surface area contributed by atoms with Gasteiger partial charge in [0.1, 0.15) is 39.5 Å². The number of nitrogens with one attached hydrogen (secondary N) is 2. The average Bonchev–Trinajstić information content (AvgIpc) is 3.19. The first-order valence-electron chi connectivity index (χ1n) is 11.9. The first-order valence-corrected chi connectivity index (χ1v) is 12.7. The lowest BCUT2D eigenvalue weighted by atomic mass is 9.96. The van der Waals surface area contributed by atoms with Crippen molar-refractivity contribution < 1.29 is 18.7 Å². The molecule has 186 valence electrons. The smallest absolute Gasteiger partial charge is 0.263 e. The second-order valence-corrected chi connectivity index (χ2v) is 10.5. The van der Waals surface area contributed by atoms with Crippen LogP contribution < -0.4 is 26.0 Å². The number of amides is 1. The number of ether oxygens (including phenoxy) is 2. The van der Waals surface area contributed by atoms with Crippen molar-refractivity contribution in [3.8, 4) is 11.8 Å². The van der Waals surface area contributed by atoms with Gasteiger partial charge in [-0.15, -0.1) is 11.3 Å². The lowest BCUT2D eigenvalue weighted by molar-refractivity contribution is -0.0484. The zero-order valence-corrected chi connectivity index (χ0v) is 20.5. The summed E-state index contributed by atoms with van der Waals surface area (Å²) < 4.78 is 27.2. The number of rotatable bonds is 3. The summed E-state index contributed by atoms with van der Waals surface area (Å²) in [6.07, 6.45) is 0.190. The number of benzene rings is 1. The molecule has 0 aliphatic carbocycles. The number of carbonyl (C=O) groups excluding carboxylic acids is 1. The topological polar surface area (TPSA) is 126 Å². The fraction of sp³-hybridized carbons (Fsp3) is 0.400. The summed E-state index contributed by atoms with van der Waals surface area (Å²) in [5.41, 5.74) is 8.58. The van der Waals surface area contributed by atoms with Crippen molar-refractivity contribution in [2.45, 2.75) is 31.6 Å². The minimum atomic E-state index is -0.468. The molecule has 0 saturated carbocycles. The number of nitrogens with two attached hydrogens (primary N) is 1. The van der Waals surface area contributed by atoms with E-state index in [2.05, 4.69) is 21.7 Å². The van der Waals surface area contributed by atoms with Crippen molar-refractivity contribution in [3.63, 3.8) is 0 Å². The van der Waals surface area contributed by atoms with E-state index in [1.54, 1.807) is 0 Å². The van der Waals surface area contributed by atoms with Crippen LogP contribution in [0, 0.1) is 24.1 Å². The standard InChI is InChI=1S/C25H25FN6O3S/c1-12-2-3-16-21(28)23(36-25(16)30-12)24(33)31-13-4-17-19(26)5-20(18(6-27)22(17)34-11-13)32-9-14-7-29-8-15(10-32)35-14/h2-3,5,13-15,29H,4,7-11,28H2,1H3,(H,31,33)/t13-,14?,15?/m1/s1. The first kappa shape index (κ1) is 23.0. The number of thiophene rings is 1. The predicted octanol–water partition coefficient (Wildman–Crippen LogP) is 2.11. The van der Waals surface area contributed by atoms with E-state index in [4.69, 9.17) is 15.2 Å². The monoisotopic (exact) mass is 508 g/mol. The van der Waals surface area contributed by atoms with Crippen LogP contribution in [0.5, 0.6) is 5.75 Å². The molecule has 36 heavy (non-hydrogen) atoms. The molecule has 2 aromatic heterocycles. The molecule has 1 aromatic carbocycles. The molecule has 11 heteroatoms. The summed E-state index contributed by atoms with van der Waals surface area (Å²) >= 11 is 1.23. The largest absolute Gasteiger partial charge is 0.490 e. The van der Waals surface area contributed by atoms with Crippen LogP contribution in [0.3, 0.4) is 0 Å². The molecule has 9 nitrogen and oxygen atoms in total. The van der Waals surface area contributed by atoms with Crippen molar-refractivity contribution in [2.75, 3.05) is 43.4 Å². The fourth-order valence-corrected chi connectivity index (χ4v) is 6.25. The fourth-order valence-electron chi connectivity index (χ4n) is 5.20. The number of aryl methyl sites for hydroxylation is 1. The molecular weight excluding hydrogens is 483 g/mol. The molecular formula is C25H25FN6O3S. The first-order chi connectivity index (χ1) is 17.4. The number of nitrogens with zero attached hydrogens (tertiary/aromatic N) is 3. The third-order valence-corrected chi connectivity index (χ3v) is 8.01. The Morgan fingerprint density at radius 2 is 2.14 bits per heavy atom. The Morgan fingerprint density at radius 1 is 1.36 bits per heavy atom. The maximum atomic E-state index is 15.4. The zero-order chi connectivity index (χ0) is 25.0. The van der Waals surface area contributed by atoms with E-state index in [1.807, 2.05) is 24.0 Å². The Labute approximate surface area is 211 Å². The highest BCUT2D eigenvalue weighted by atomic mass is 32.1. The number of fused-ring (bicyclic) bond motifs is 4. The molecule has 6 rings (SSSR count). The van der Waals surface area contributed by atoms with E-state index in [0.29, 0.717) is 45.3 Å². The van der Waals surface area contributed by atoms with Crippen LogP contribution in [-0.4, -0.2) is 61.9 Å². The SMILES string of the molecule is Cc1ccc2c(N)c(C(=O)N[C@H]3COc4c(C#N)c(N5CC6CNCC(C5)O6)cc(F)c4C3)sc2n1. The number of halogens is 1. The number of pyridine rings is 1. The number of morpholine rings is 2. The third kappa shape index (κ3) is 3.91. The maximum Gasteiger partial charge on any atom is 0.263 e. The van der Waals surface area contributed by atoms with Gasteiger partial charge in [0.2, 0.25) is 0 Å². The van der Waals surface area contributed by atoms with Crippen molar-refractivity contribution >= 4 is 38.8 Å². The van der Waals surface area contributed by atoms with Gasteiger partial charge in [0, 0.05) is 49.2 Å². The highest BCUT2D eigenvalue weighted by molar-refractivity contribution is 7.21. The number of carbonyl (C=O) groups is 1. The zero-order valence-electron chi connectivity index (χ0n) is 19.6. The van der Waals surface area contributed by atoms with Crippen LogP contribution in [0.25, 0.3) is 10.2 Å². The minimum Gasteiger partial charge on any atom is -0.490 e. The van der Waals surface area contributed by atoms with Gasteiger partial charge in [-0.25, -0.2) is 9.37 Å². The van der Waals surface area contributed by atoms with E-state index in [9.17, 15) is 10.1 Å². The Kier molecular flexibility index (Phi) is 5.67. The molecule has 2 saturated heterocycles. The lowest BCUT2D eigenvalue weighted by Gasteiger charge is -2.43. The van der Waals surface area contributed by atoms with Crippen LogP contribution in [0.1, 0.15) is 26.5 Å². The number of aromatic nitrogens is 1. The molecule has 0 spiro atoms. The van der Waals surface area contributed by atoms with Gasteiger partial charge in [0.05, 0.1) is 29.6 Å². The van der Waals surface area contributed by atoms with Crippen LogP contribution in [-0.2, 0) is 11.2 Å². The van der Waals surface area contributed by atoms with Crippen LogP contribution >= 0.6 is 11.3 Å². The second kappa shape index (κ2) is 8.89. The summed E-state index contributed by atoms with van der Waals surface area (Å²) in [4.78, 5) is 20.6. The molecule has 3 aromatic rings. The maximum absolute atomic E-state index is 15.4. The van der Waals surface area contributed by atoms with Crippen LogP contribution in [0.2, 0.25) is 0 Å². The van der Waals surface area contributed by atoms with Crippen molar-refractivity contribution in [2.24, 2.45) is 0 Å². The second-order valence-electron chi connectivity index (χ2n) is 9.45. The predicted molar refractivity (Wildman–Crippen MR) is 134 cm³/mol. The van der Waals surface area contributed by atoms with Crippen LogP contribution in [0.15, 0.2) is 18.2 Å². The molecule has 3 aliphatic heterocycles. The molecule has 0 radical (unpaired) electrons. The highest BCUT2D eigenvalue weighted by Gasteiger charge is 2.35. The van der Waals surface area contributed by atoms with Gasteiger partial charge in [-0.3, -0.25) is 4.79 Å². The van der Waals surface area contributed by atoms with E-state index >= 15 is 4.39 Å². The van der Waals surface area contributed by atoms with Gasteiger partial charge in [0.25, 0.3) is 5.91 Å². The van der Waals surface area contributed by atoms with Gasteiger partial charge >= 0.3 is 0 Å². The van der Waals surface area contributed by atoms with E-state index in [0.717, 1.165) is 24.2 Å². The number of nitrogen functional groups attached to an aromatic ring is 1. The Morgan fingerprint density at radius 3 is 2.89 bits per heavy atom. The number of nitriles is 1. The van der Waals surface area contributed by atoms with E-state index in [1.165, 1.54) is 17.4 Å². The summed E-state index contributed by atoms with van der Waals surface area (Å²) in [6, 6.07) is 6.88. The summed E-state index contributed by atoms with van der Waals surface area (Å²) in [5.74, 6) is -0.543. The summed E-state index contributed by atoms with van der Waals surface area (Å²) in [5, 5.41) is 17.0. The quantitative estimate of drug-likeness (QED) is 0.491. The number of hydrogen-bond acceptors (Lipinski definition) is 9.